The predicted molar refractivity (Wildman–Crippen MR) is 90.9 cm³/mol. The van der Waals surface area contributed by atoms with Gasteiger partial charge in [0.15, 0.2) is 0 Å². The van der Waals surface area contributed by atoms with E-state index in [9.17, 15) is 0 Å². The lowest BCUT2D eigenvalue weighted by Gasteiger charge is -2.23. The van der Waals surface area contributed by atoms with E-state index in [0.717, 1.165) is 6.54 Å². The molecule has 2 aliphatic heterocycles. The first-order chi connectivity index (χ1) is 10.3. The molecule has 0 amide bonds. The number of hydrogen-bond donors (Lipinski definition) is 0. The van der Waals surface area contributed by atoms with Crippen molar-refractivity contribution in [1.29, 1.82) is 0 Å². The lowest BCUT2D eigenvalue weighted by molar-refractivity contribution is 0.795. The zero-order valence-electron chi connectivity index (χ0n) is 13.2. The van der Waals surface area contributed by atoms with Crippen molar-refractivity contribution in [3.8, 4) is 0 Å². The van der Waals surface area contributed by atoms with E-state index in [2.05, 4.69) is 72.4 Å². The Bertz CT molecular complexity index is 700. The second kappa shape index (κ2) is 5.28. The van der Waals surface area contributed by atoms with Gasteiger partial charge in [0.05, 0.1) is 11.4 Å². The van der Waals surface area contributed by atoms with Crippen molar-refractivity contribution in [1.82, 2.24) is 4.90 Å². The van der Waals surface area contributed by atoms with Crippen LogP contribution in [0.15, 0.2) is 48.5 Å². The van der Waals surface area contributed by atoms with Gasteiger partial charge in [-0.25, -0.2) is 0 Å². The van der Waals surface area contributed by atoms with Gasteiger partial charge in [-0.3, -0.25) is 0 Å². The molecule has 0 unspecified atom stereocenters. The summed E-state index contributed by atoms with van der Waals surface area (Å²) >= 11 is 0. The van der Waals surface area contributed by atoms with Crippen molar-refractivity contribution in [3.63, 3.8) is 0 Å². The minimum atomic E-state index is 0.956. The second-order valence-electron chi connectivity index (χ2n) is 5.29. The van der Waals surface area contributed by atoms with Gasteiger partial charge >= 0.3 is 0 Å². The molecule has 2 aromatic carbocycles. The lowest BCUT2D eigenvalue weighted by Crippen LogP contribution is -2.18. The minimum absolute atomic E-state index is 0.956. The molecular weight excluding hydrogens is 256 g/mol. The first kappa shape index (κ1) is 13.7. The average Bonchev–Trinajstić information content (AvgIpc) is 3.19. The topological polar surface area (TPSA) is 6.25 Å². The summed E-state index contributed by atoms with van der Waals surface area (Å²) < 4.78 is 0. The molecule has 0 bridgehead atoms. The van der Waals surface area contributed by atoms with Crippen LogP contribution in [-0.4, -0.2) is 19.0 Å². The minimum Gasteiger partial charge on any atom is -0.370 e. The molecule has 2 nitrogen and oxygen atoms in total. The summed E-state index contributed by atoms with van der Waals surface area (Å²) in [6.45, 7) is 4.96. The van der Waals surface area contributed by atoms with E-state index < -0.39 is 0 Å². The monoisotopic (exact) mass is 278 g/mol. The van der Waals surface area contributed by atoms with Crippen molar-refractivity contribution in [2.45, 2.75) is 20.4 Å². The van der Waals surface area contributed by atoms with Crippen LogP contribution in [0.4, 0.5) is 5.69 Å². The SMILES string of the molecule is CC.CN1C2=C1c1ccccc1N(C)Cc1ccccc12. The van der Waals surface area contributed by atoms with E-state index in [-0.39, 0.29) is 0 Å². The molecule has 0 radical (unpaired) electrons. The maximum atomic E-state index is 2.34. The summed E-state index contributed by atoms with van der Waals surface area (Å²) in [6.07, 6.45) is 0. The quantitative estimate of drug-likeness (QED) is 0.703. The predicted octanol–water partition coefficient (Wildman–Crippen LogP) is 4.43. The normalized spacial score (nSPS) is 15.0. The molecule has 0 fully saturated rings. The maximum absolute atomic E-state index is 2.34. The number of nitrogens with zero attached hydrogens (tertiary/aromatic N) is 2. The van der Waals surface area contributed by atoms with E-state index in [1.54, 1.807) is 0 Å². The van der Waals surface area contributed by atoms with Crippen molar-refractivity contribution < 1.29 is 0 Å². The van der Waals surface area contributed by atoms with Crippen molar-refractivity contribution in [3.05, 3.63) is 65.2 Å². The third kappa shape index (κ3) is 2.11. The van der Waals surface area contributed by atoms with Gasteiger partial charge in [0, 0.05) is 37.5 Å². The number of para-hydroxylation sites is 1. The summed E-state index contributed by atoms with van der Waals surface area (Å²) in [4.78, 5) is 4.64. The zero-order chi connectivity index (χ0) is 15.0. The van der Waals surface area contributed by atoms with Crippen LogP contribution in [0.25, 0.3) is 11.4 Å². The Morgan fingerprint density at radius 2 is 1.33 bits per heavy atom. The fourth-order valence-electron chi connectivity index (χ4n) is 3.10. The third-order valence-corrected chi connectivity index (χ3v) is 4.10. The molecule has 2 heterocycles. The molecule has 0 aromatic heterocycles. The van der Waals surface area contributed by atoms with E-state index >= 15 is 0 Å². The van der Waals surface area contributed by atoms with Crippen LogP contribution in [-0.2, 0) is 6.54 Å². The molecule has 0 saturated carbocycles. The third-order valence-electron chi connectivity index (χ3n) is 4.10. The van der Waals surface area contributed by atoms with Gasteiger partial charge < -0.3 is 9.80 Å². The number of rotatable bonds is 0. The Morgan fingerprint density at radius 3 is 2.10 bits per heavy atom. The molecule has 2 aliphatic rings. The highest BCUT2D eigenvalue weighted by atomic mass is 15.3. The van der Waals surface area contributed by atoms with Crippen molar-refractivity contribution >= 4 is 17.1 Å². The Hall–Kier alpha value is -2.22. The lowest BCUT2D eigenvalue weighted by atomic mass is 10.0. The van der Waals surface area contributed by atoms with Gasteiger partial charge in [-0.05, 0) is 11.6 Å². The molecule has 108 valence electrons. The van der Waals surface area contributed by atoms with Crippen LogP contribution < -0.4 is 4.90 Å². The van der Waals surface area contributed by atoms with Crippen LogP contribution >= 0.6 is 0 Å². The highest BCUT2D eigenvalue weighted by Gasteiger charge is 2.36. The number of anilines is 1. The van der Waals surface area contributed by atoms with Gasteiger partial charge in [0.25, 0.3) is 0 Å². The Morgan fingerprint density at radius 1 is 0.762 bits per heavy atom. The van der Waals surface area contributed by atoms with Gasteiger partial charge in [-0.1, -0.05) is 56.3 Å². The van der Waals surface area contributed by atoms with Crippen LogP contribution in [0, 0.1) is 0 Å². The van der Waals surface area contributed by atoms with Gasteiger partial charge in [0.1, 0.15) is 0 Å². The second-order valence-corrected chi connectivity index (χ2v) is 5.29. The number of hydrogen-bond acceptors (Lipinski definition) is 2. The van der Waals surface area contributed by atoms with Crippen molar-refractivity contribution in [2.24, 2.45) is 0 Å². The maximum Gasteiger partial charge on any atom is 0.0751 e. The molecule has 0 N–H and O–H groups in total. The number of benzene rings is 2. The summed E-state index contributed by atoms with van der Waals surface area (Å²) in [5.74, 6) is 0. The Kier molecular flexibility index (Phi) is 3.46. The highest BCUT2D eigenvalue weighted by molar-refractivity contribution is 6.07. The number of fused-ring (bicyclic) bond motifs is 4. The molecule has 0 atom stereocenters. The first-order valence-electron chi connectivity index (χ1n) is 7.64. The molecule has 2 aromatic rings. The van der Waals surface area contributed by atoms with Gasteiger partial charge in [-0.2, -0.15) is 0 Å². The van der Waals surface area contributed by atoms with Crippen molar-refractivity contribution in [2.75, 3.05) is 19.0 Å². The van der Waals surface area contributed by atoms with E-state index in [1.165, 1.54) is 33.8 Å². The molecule has 0 spiro atoms. The van der Waals surface area contributed by atoms with Gasteiger partial charge in [-0.15, -0.1) is 0 Å². The van der Waals surface area contributed by atoms with Crippen LogP contribution in [0.2, 0.25) is 0 Å². The van der Waals surface area contributed by atoms with E-state index in [4.69, 9.17) is 0 Å². The summed E-state index contributed by atoms with van der Waals surface area (Å²) in [5, 5.41) is 0. The fraction of sp³-hybridized carbons (Fsp3) is 0.263. The standard InChI is InChI=1S/C17H16N2.C2H6/c1-18-11-12-7-3-4-8-13(12)16-17(19(16)2)14-9-5-6-10-15(14)18;1-2/h3-10H,11H2,1-2H3;1-2H3. The largest absolute Gasteiger partial charge is 0.370 e. The average molecular weight is 278 g/mol. The van der Waals surface area contributed by atoms with Crippen LogP contribution in [0.3, 0.4) is 0 Å². The van der Waals surface area contributed by atoms with Crippen LogP contribution in [0.5, 0.6) is 0 Å². The zero-order valence-corrected chi connectivity index (χ0v) is 13.2. The van der Waals surface area contributed by atoms with Gasteiger partial charge in [0.2, 0.25) is 0 Å². The first-order valence-corrected chi connectivity index (χ1v) is 7.64. The molecular formula is C19H22N2. The fourth-order valence-corrected chi connectivity index (χ4v) is 3.10. The smallest absolute Gasteiger partial charge is 0.0751 e. The Balaban J connectivity index is 0.000000636. The van der Waals surface area contributed by atoms with E-state index in [1.807, 2.05) is 13.8 Å². The summed E-state index contributed by atoms with van der Waals surface area (Å²) in [5.41, 5.74) is 8.19. The Labute approximate surface area is 127 Å². The highest BCUT2D eigenvalue weighted by Crippen LogP contribution is 2.50. The molecule has 21 heavy (non-hydrogen) atoms. The van der Waals surface area contributed by atoms with E-state index in [0.29, 0.717) is 0 Å². The summed E-state index contributed by atoms with van der Waals surface area (Å²) in [7, 11) is 4.33. The molecule has 2 heteroatoms. The molecule has 0 aliphatic carbocycles. The summed E-state index contributed by atoms with van der Waals surface area (Å²) in [6, 6.07) is 17.4. The molecule has 0 saturated heterocycles. The molecule has 4 rings (SSSR count). The van der Waals surface area contributed by atoms with Crippen LogP contribution in [0.1, 0.15) is 30.5 Å².